The normalized spacial score (nSPS) is 22.8. The molecule has 0 radical (unpaired) electrons. The lowest BCUT2D eigenvalue weighted by Gasteiger charge is -2.39. The van der Waals surface area contributed by atoms with Crippen LogP contribution in [0.4, 0.5) is 5.82 Å². The van der Waals surface area contributed by atoms with Crippen LogP contribution in [-0.4, -0.2) is 62.3 Å². The summed E-state index contributed by atoms with van der Waals surface area (Å²) in [6, 6.07) is 7.30. The van der Waals surface area contributed by atoms with E-state index in [1.165, 1.54) is 10.6 Å². The number of aromatic nitrogens is 3. The number of nitrogens with zero attached hydrogens (tertiary/aromatic N) is 4. The number of rotatable bonds is 7. The highest BCUT2D eigenvalue weighted by molar-refractivity contribution is 7.88. The van der Waals surface area contributed by atoms with Crippen LogP contribution in [0.3, 0.4) is 0 Å². The van der Waals surface area contributed by atoms with Gasteiger partial charge in [0.15, 0.2) is 0 Å². The lowest BCUT2D eigenvalue weighted by atomic mass is 9.73. The zero-order valence-corrected chi connectivity index (χ0v) is 23.1. The molecular formula is C25H31ClN5O4S2-. The summed E-state index contributed by atoms with van der Waals surface area (Å²) >= 11 is 3.85. The lowest BCUT2D eigenvalue weighted by Crippen LogP contribution is -2.40. The minimum atomic E-state index is -3.12. The largest absolute Gasteiger partial charge is 0.755 e. The van der Waals surface area contributed by atoms with Crippen molar-refractivity contribution < 1.29 is 17.2 Å². The molecule has 9 nitrogen and oxygen atoms in total. The second kappa shape index (κ2) is 11.0. The molecule has 0 bridgehead atoms. The molecule has 3 aromatic heterocycles. The van der Waals surface area contributed by atoms with E-state index >= 15 is 0 Å². The molecule has 1 N–H and O–H groups in total. The molecule has 5 rings (SSSR count). The molecule has 12 heteroatoms. The number of H-pyrrole nitrogens is 1. The van der Waals surface area contributed by atoms with Crippen molar-refractivity contribution in [3.8, 4) is 11.1 Å². The molecule has 0 spiro atoms. The van der Waals surface area contributed by atoms with Crippen LogP contribution in [-0.2, 0) is 21.3 Å². The summed E-state index contributed by atoms with van der Waals surface area (Å²) in [5.74, 6) is 1.64. The Morgan fingerprint density at radius 3 is 2.54 bits per heavy atom. The van der Waals surface area contributed by atoms with Crippen LogP contribution in [0.5, 0.6) is 0 Å². The van der Waals surface area contributed by atoms with Crippen molar-refractivity contribution in [2.24, 2.45) is 17.8 Å². The van der Waals surface area contributed by atoms with E-state index in [0.29, 0.717) is 37.3 Å². The Kier molecular flexibility index (Phi) is 7.88. The quantitative estimate of drug-likeness (QED) is 0.336. The van der Waals surface area contributed by atoms with Crippen LogP contribution in [0.25, 0.3) is 22.2 Å². The number of halogens is 1. The van der Waals surface area contributed by atoms with Crippen molar-refractivity contribution in [1.29, 1.82) is 0 Å². The van der Waals surface area contributed by atoms with Crippen LogP contribution in [0.1, 0.15) is 38.5 Å². The molecule has 2 aliphatic rings. The van der Waals surface area contributed by atoms with Crippen molar-refractivity contribution >= 4 is 49.7 Å². The number of hydrogen-bond acceptors (Lipinski definition) is 6. The lowest BCUT2D eigenvalue weighted by molar-refractivity contribution is 0.151. The average molecular weight is 565 g/mol. The van der Waals surface area contributed by atoms with Gasteiger partial charge >= 0.3 is 0 Å². The van der Waals surface area contributed by atoms with E-state index in [9.17, 15) is 17.2 Å². The van der Waals surface area contributed by atoms with Gasteiger partial charge in [0.2, 0.25) is 10.0 Å². The molecule has 0 aromatic carbocycles. The molecule has 1 saturated heterocycles. The number of aromatic amines is 1. The molecule has 2 fully saturated rings. The van der Waals surface area contributed by atoms with Gasteiger partial charge in [-0.1, -0.05) is 11.6 Å². The van der Waals surface area contributed by atoms with Crippen LogP contribution in [0.15, 0.2) is 36.7 Å². The van der Waals surface area contributed by atoms with Gasteiger partial charge in [-0.05, 0) is 86.1 Å². The van der Waals surface area contributed by atoms with E-state index in [1.54, 1.807) is 22.6 Å². The van der Waals surface area contributed by atoms with Crippen molar-refractivity contribution in [3.63, 3.8) is 0 Å². The third-order valence-electron chi connectivity index (χ3n) is 7.93. The zero-order chi connectivity index (χ0) is 26.2. The van der Waals surface area contributed by atoms with Crippen molar-refractivity contribution in [2.75, 3.05) is 30.2 Å². The summed E-state index contributed by atoms with van der Waals surface area (Å²) in [5.41, 5.74) is 2.40. The predicted molar refractivity (Wildman–Crippen MR) is 145 cm³/mol. The van der Waals surface area contributed by atoms with E-state index in [1.807, 2.05) is 18.3 Å². The van der Waals surface area contributed by atoms with E-state index in [-0.39, 0.29) is 11.1 Å². The summed E-state index contributed by atoms with van der Waals surface area (Å²) in [4.78, 5) is 11.8. The highest BCUT2D eigenvalue weighted by Gasteiger charge is 2.33. The van der Waals surface area contributed by atoms with Crippen LogP contribution in [0, 0.1) is 17.8 Å². The Labute approximate surface area is 225 Å². The van der Waals surface area contributed by atoms with Gasteiger partial charge in [0, 0.05) is 54.2 Å². The Balaban J connectivity index is 1.26. The van der Waals surface area contributed by atoms with Gasteiger partial charge in [0.1, 0.15) is 16.6 Å². The summed E-state index contributed by atoms with van der Waals surface area (Å²) in [7, 11) is -3.12. The monoisotopic (exact) mass is 564 g/mol. The van der Waals surface area contributed by atoms with Crippen molar-refractivity contribution in [2.45, 2.75) is 38.5 Å². The summed E-state index contributed by atoms with van der Waals surface area (Å²) in [5, 5.41) is 1.15. The van der Waals surface area contributed by atoms with E-state index < -0.39 is 21.3 Å². The van der Waals surface area contributed by atoms with Crippen LogP contribution < -0.4 is 4.31 Å². The number of nitrogens with one attached hydrogen (secondary N) is 1. The first-order valence-corrected chi connectivity index (χ1v) is 15.9. The predicted octanol–water partition coefficient (Wildman–Crippen LogP) is 4.36. The topological polar surface area (TPSA) is 122 Å². The van der Waals surface area contributed by atoms with Gasteiger partial charge in [-0.15, -0.1) is 0 Å². The SMILES string of the molecule is CS(=O)(=O)N1CCC(C2CCC(CN(c3cc(-c4c[nH]c5ncccc45)cc(Cl)n3)S(=O)[O-])CC2)CC1. The summed E-state index contributed by atoms with van der Waals surface area (Å²) in [6.07, 6.45) is 10.6. The molecule has 1 saturated carbocycles. The molecular weight excluding hydrogens is 534 g/mol. The fourth-order valence-corrected chi connectivity index (χ4v) is 7.60. The Bertz CT molecular complexity index is 1380. The second-order valence-corrected chi connectivity index (χ2v) is 13.4. The van der Waals surface area contributed by atoms with Gasteiger partial charge in [-0.25, -0.2) is 22.7 Å². The average Bonchev–Trinajstić information content (AvgIpc) is 3.31. The number of sulfonamides is 1. The Morgan fingerprint density at radius 2 is 1.86 bits per heavy atom. The molecule has 0 amide bonds. The van der Waals surface area contributed by atoms with Crippen LogP contribution in [0.2, 0.25) is 5.15 Å². The molecule has 200 valence electrons. The van der Waals surface area contributed by atoms with Gasteiger partial charge in [-0.3, -0.25) is 8.51 Å². The van der Waals surface area contributed by atoms with Crippen molar-refractivity contribution in [3.05, 3.63) is 41.8 Å². The molecule has 1 aliphatic heterocycles. The fourth-order valence-electron chi connectivity index (χ4n) is 5.95. The number of piperidine rings is 1. The maximum atomic E-state index is 12.3. The highest BCUT2D eigenvalue weighted by atomic mass is 35.5. The number of hydrogen-bond donors (Lipinski definition) is 1. The molecule has 1 unspecified atom stereocenters. The van der Waals surface area contributed by atoms with E-state index in [0.717, 1.165) is 60.7 Å². The third-order valence-corrected chi connectivity index (χ3v) is 10.1. The van der Waals surface area contributed by atoms with Gasteiger partial charge in [-0.2, -0.15) is 0 Å². The third kappa shape index (κ3) is 6.01. The minimum Gasteiger partial charge on any atom is -0.755 e. The highest BCUT2D eigenvalue weighted by Crippen LogP contribution is 2.39. The smallest absolute Gasteiger partial charge is 0.211 e. The summed E-state index contributed by atoms with van der Waals surface area (Å²) < 4.78 is 51.1. The molecule has 4 heterocycles. The maximum absolute atomic E-state index is 12.3. The molecule has 1 atom stereocenters. The van der Waals surface area contributed by atoms with Gasteiger partial charge in [0.25, 0.3) is 0 Å². The standard InChI is InChI=1S/C25H32ClN5O4S2/c1-37(34,35)30-11-8-19(9-12-30)18-6-4-17(5-7-18)16-31(36(32)33)24-14-20(13-23(26)29-24)22-15-28-25-21(22)3-2-10-27-25/h2-3,10,13-15,17-19H,4-9,11-12,16H2,1H3,(H,27,28)(H,32,33)/p-1. The minimum absolute atomic E-state index is 0.227. The van der Waals surface area contributed by atoms with Gasteiger partial charge < -0.3 is 9.54 Å². The first kappa shape index (κ1) is 26.6. The second-order valence-electron chi connectivity index (χ2n) is 10.2. The molecule has 1 aliphatic carbocycles. The zero-order valence-electron chi connectivity index (χ0n) is 20.7. The molecule has 37 heavy (non-hydrogen) atoms. The number of fused-ring (bicyclic) bond motifs is 1. The Morgan fingerprint density at radius 1 is 1.16 bits per heavy atom. The van der Waals surface area contributed by atoms with E-state index in [2.05, 4.69) is 15.0 Å². The maximum Gasteiger partial charge on any atom is 0.211 e. The van der Waals surface area contributed by atoms with Crippen molar-refractivity contribution in [1.82, 2.24) is 19.3 Å². The Hall–Kier alpha value is -2.05. The molecule has 3 aromatic rings. The number of anilines is 1. The fraction of sp³-hybridized carbons (Fsp3) is 0.520. The van der Waals surface area contributed by atoms with Crippen LogP contribution >= 0.6 is 11.6 Å². The first-order valence-electron chi connectivity index (χ1n) is 12.6. The van der Waals surface area contributed by atoms with E-state index in [4.69, 9.17) is 11.6 Å². The number of pyridine rings is 2. The first-order chi connectivity index (χ1) is 17.7. The van der Waals surface area contributed by atoms with Gasteiger partial charge in [0.05, 0.1) is 6.26 Å². The summed E-state index contributed by atoms with van der Waals surface area (Å²) in [6.45, 7) is 1.56.